The number of methoxy groups -OCH3 is 1. The Kier molecular flexibility index (Phi) is 4.05. The molecule has 1 N–H and O–H groups in total. The van der Waals surface area contributed by atoms with Gasteiger partial charge >= 0.3 is 0 Å². The van der Waals surface area contributed by atoms with Crippen molar-refractivity contribution in [1.82, 2.24) is 9.55 Å². The van der Waals surface area contributed by atoms with E-state index >= 15 is 0 Å². The molecule has 1 aromatic rings. The van der Waals surface area contributed by atoms with Crippen molar-refractivity contribution in [1.29, 1.82) is 0 Å². The van der Waals surface area contributed by atoms with Gasteiger partial charge in [0.15, 0.2) is 0 Å². The standard InChI is InChI=1S/C13H23N3O/c1-10-4-5-12(11(10)2)16-8-6-14-13(16)15-7-9-17-3/h6,8,10-12H,4-5,7,9H2,1-3H3,(H,14,15). The minimum absolute atomic E-state index is 0.595. The summed E-state index contributed by atoms with van der Waals surface area (Å²) in [5.41, 5.74) is 0. The summed E-state index contributed by atoms with van der Waals surface area (Å²) in [6.45, 7) is 6.22. The van der Waals surface area contributed by atoms with Gasteiger partial charge in [-0.25, -0.2) is 4.98 Å². The van der Waals surface area contributed by atoms with Gasteiger partial charge in [0, 0.05) is 32.1 Å². The van der Waals surface area contributed by atoms with E-state index in [1.165, 1.54) is 12.8 Å². The van der Waals surface area contributed by atoms with Crippen molar-refractivity contribution < 1.29 is 4.74 Å². The van der Waals surface area contributed by atoms with E-state index in [4.69, 9.17) is 4.74 Å². The van der Waals surface area contributed by atoms with Gasteiger partial charge in [-0.2, -0.15) is 0 Å². The Hall–Kier alpha value is -1.03. The van der Waals surface area contributed by atoms with E-state index in [0.717, 1.165) is 24.3 Å². The Morgan fingerprint density at radius 1 is 1.47 bits per heavy atom. The van der Waals surface area contributed by atoms with Crippen LogP contribution in [0.25, 0.3) is 0 Å². The number of ether oxygens (including phenoxy) is 1. The van der Waals surface area contributed by atoms with Crippen LogP contribution in [0.2, 0.25) is 0 Å². The van der Waals surface area contributed by atoms with Gasteiger partial charge in [-0.05, 0) is 24.7 Å². The summed E-state index contributed by atoms with van der Waals surface area (Å²) in [7, 11) is 1.72. The summed E-state index contributed by atoms with van der Waals surface area (Å²) in [6, 6.07) is 0.595. The smallest absolute Gasteiger partial charge is 0.203 e. The summed E-state index contributed by atoms with van der Waals surface area (Å²) < 4.78 is 7.34. The van der Waals surface area contributed by atoms with E-state index in [2.05, 4.69) is 34.9 Å². The number of anilines is 1. The van der Waals surface area contributed by atoms with Crippen LogP contribution in [-0.2, 0) is 4.74 Å². The Bertz CT molecular complexity index is 350. The first-order valence-electron chi connectivity index (χ1n) is 6.49. The van der Waals surface area contributed by atoms with Crippen LogP contribution in [0.1, 0.15) is 32.7 Å². The van der Waals surface area contributed by atoms with Crippen LogP contribution < -0.4 is 5.32 Å². The maximum Gasteiger partial charge on any atom is 0.203 e. The highest BCUT2D eigenvalue weighted by molar-refractivity contribution is 5.27. The fourth-order valence-corrected chi connectivity index (χ4v) is 2.71. The van der Waals surface area contributed by atoms with E-state index in [1.54, 1.807) is 7.11 Å². The van der Waals surface area contributed by atoms with Gasteiger partial charge in [-0.1, -0.05) is 13.8 Å². The molecule has 1 heterocycles. The van der Waals surface area contributed by atoms with E-state index < -0.39 is 0 Å². The average molecular weight is 237 g/mol. The number of hydrogen-bond donors (Lipinski definition) is 1. The third-order valence-electron chi connectivity index (χ3n) is 4.04. The summed E-state index contributed by atoms with van der Waals surface area (Å²) in [4.78, 5) is 4.39. The maximum absolute atomic E-state index is 5.04. The predicted octanol–water partition coefficient (Wildman–Crippen LogP) is 2.55. The minimum atomic E-state index is 0.595. The second-order valence-corrected chi connectivity index (χ2v) is 5.06. The largest absolute Gasteiger partial charge is 0.383 e. The number of imidazole rings is 1. The van der Waals surface area contributed by atoms with Gasteiger partial charge in [-0.3, -0.25) is 0 Å². The van der Waals surface area contributed by atoms with Gasteiger partial charge < -0.3 is 14.6 Å². The minimum Gasteiger partial charge on any atom is -0.383 e. The number of hydrogen-bond acceptors (Lipinski definition) is 3. The molecule has 3 unspecified atom stereocenters. The first-order chi connectivity index (χ1) is 8.24. The number of nitrogens with one attached hydrogen (secondary N) is 1. The molecule has 0 amide bonds. The lowest BCUT2D eigenvalue weighted by Gasteiger charge is -2.22. The predicted molar refractivity (Wildman–Crippen MR) is 69.2 cm³/mol. The van der Waals surface area contributed by atoms with Crippen LogP contribution in [0.5, 0.6) is 0 Å². The van der Waals surface area contributed by atoms with Crippen molar-refractivity contribution >= 4 is 5.95 Å². The normalized spacial score (nSPS) is 28.5. The molecule has 4 heteroatoms. The van der Waals surface area contributed by atoms with Gasteiger partial charge in [0.05, 0.1) is 6.61 Å². The average Bonchev–Trinajstić information content (AvgIpc) is 2.89. The van der Waals surface area contributed by atoms with Crippen molar-refractivity contribution in [3.8, 4) is 0 Å². The Balaban J connectivity index is 2.03. The van der Waals surface area contributed by atoms with Gasteiger partial charge in [-0.15, -0.1) is 0 Å². The van der Waals surface area contributed by atoms with Gasteiger partial charge in [0.25, 0.3) is 0 Å². The molecule has 96 valence electrons. The van der Waals surface area contributed by atoms with Crippen LogP contribution in [0.15, 0.2) is 12.4 Å². The quantitative estimate of drug-likeness (QED) is 0.800. The number of nitrogens with zero attached hydrogens (tertiary/aromatic N) is 2. The maximum atomic E-state index is 5.04. The molecule has 0 saturated heterocycles. The monoisotopic (exact) mass is 237 g/mol. The van der Waals surface area contributed by atoms with E-state index in [1.807, 2.05) is 6.20 Å². The van der Waals surface area contributed by atoms with Crippen molar-refractivity contribution in [2.45, 2.75) is 32.7 Å². The molecule has 1 aliphatic carbocycles. The zero-order valence-electron chi connectivity index (χ0n) is 11.0. The molecule has 0 bridgehead atoms. The third-order valence-corrected chi connectivity index (χ3v) is 4.04. The highest BCUT2D eigenvalue weighted by Gasteiger charge is 2.31. The van der Waals surface area contributed by atoms with Crippen LogP contribution in [-0.4, -0.2) is 29.8 Å². The zero-order valence-corrected chi connectivity index (χ0v) is 11.0. The number of aromatic nitrogens is 2. The molecule has 2 rings (SSSR count). The van der Waals surface area contributed by atoms with E-state index in [-0.39, 0.29) is 0 Å². The van der Waals surface area contributed by atoms with E-state index in [9.17, 15) is 0 Å². The molecule has 1 fully saturated rings. The molecular weight excluding hydrogens is 214 g/mol. The highest BCUT2D eigenvalue weighted by atomic mass is 16.5. The second-order valence-electron chi connectivity index (χ2n) is 5.06. The fourth-order valence-electron chi connectivity index (χ4n) is 2.71. The lowest BCUT2D eigenvalue weighted by Crippen LogP contribution is -2.18. The van der Waals surface area contributed by atoms with Crippen LogP contribution >= 0.6 is 0 Å². The topological polar surface area (TPSA) is 39.1 Å². The molecule has 0 aliphatic heterocycles. The molecule has 17 heavy (non-hydrogen) atoms. The van der Waals surface area contributed by atoms with Crippen LogP contribution in [0.3, 0.4) is 0 Å². The first kappa shape index (κ1) is 12.4. The molecule has 4 nitrogen and oxygen atoms in total. The summed E-state index contributed by atoms with van der Waals surface area (Å²) in [5, 5.41) is 3.33. The third kappa shape index (κ3) is 2.63. The Morgan fingerprint density at radius 2 is 2.29 bits per heavy atom. The van der Waals surface area contributed by atoms with Crippen molar-refractivity contribution in [2.24, 2.45) is 11.8 Å². The Morgan fingerprint density at radius 3 is 2.94 bits per heavy atom. The lowest BCUT2D eigenvalue weighted by atomic mass is 9.98. The number of rotatable bonds is 5. The van der Waals surface area contributed by atoms with Crippen molar-refractivity contribution in [2.75, 3.05) is 25.6 Å². The molecule has 1 aromatic heterocycles. The molecular formula is C13H23N3O. The summed E-state index contributed by atoms with van der Waals surface area (Å²) in [5.74, 6) is 2.52. The second kappa shape index (κ2) is 5.54. The molecule has 1 saturated carbocycles. The van der Waals surface area contributed by atoms with Gasteiger partial charge in [0.1, 0.15) is 0 Å². The Labute approximate surface area is 103 Å². The van der Waals surface area contributed by atoms with Crippen molar-refractivity contribution in [3.63, 3.8) is 0 Å². The zero-order chi connectivity index (χ0) is 12.3. The summed E-state index contributed by atoms with van der Waals surface area (Å²) >= 11 is 0. The SMILES string of the molecule is COCCNc1nccn1C1CCC(C)C1C. The first-order valence-corrected chi connectivity index (χ1v) is 6.49. The summed E-state index contributed by atoms with van der Waals surface area (Å²) in [6.07, 6.45) is 6.55. The molecule has 0 radical (unpaired) electrons. The van der Waals surface area contributed by atoms with Crippen LogP contribution in [0.4, 0.5) is 5.95 Å². The van der Waals surface area contributed by atoms with E-state index in [0.29, 0.717) is 12.6 Å². The molecule has 3 atom stereocenters. The molecule has 1 aliphatic rings. The molecule has 0 aromatic carbocycles. The highest BCUT2D eigenvalue weighted by Crippen LogP contribution is 2.40. The van der Waals surface area contributed by atoms with Crippen molar-refractivity contribution in [3.05, 3.63) is 12.4 Å². The lowest BCUT2D eigenvalue weighted by molar-refractivity contribution is 0.210. The van der Waals surface area contributed by atoms with Gasteiger partial charge in [0.2, 0.25) is 5.95 Å². The van der Waals surface area contributed by atoms with Crippen LogP contribution in [0, 0.1) is 11.8 Å². The molecule has 0 spiro atoms. The fraction of sp³-hybridized carbons (Fsp3) is 0.769.